The van der Waals surface area contributed by atoms with Gasteiger partial charge in [0.2, 0.25) is 0 Å². The smallest absolute Gasteiger partial charge is 0.271 e. The van der Waals surface area contributed by atoms with Crippen LogP contribution in [0.15, 0.2) is 38.3 Å². The Morgan fingerprint density at radius 3 is 2.68 bits per heavy atom. The molecular formula is C11H10BrClN2O2S2. The van der Waals surface area contributed by atoms with Crippen molar-refractivity contribution >= 4 is 54.6 Å². The molecule has 3 N–H and O–H groups in total. The number of benzene rings is 1. The third-order valence-corrected chi connectivity index (χ3v) is 5.97. The summed E-state index contributed by atoms with van der Waals surface area (Å²) in [7, 11) is -3.62. The van der Waals surface area contributed by atoms with Crippen molar-refractivity contribution in [1.29, 1.82) is 0 Å². The van der Waals surface area contributed by atoms with Crippen molar-refractivity contribution in [3.8, 4) is 0 Å². The molecular weight excluding hydrogens is 372 g/mol. The van der Waals surface area contributed by atoms with Crippen LogP contribution in [0.1, 0.15) is 5.56 Å². The SMILES string of the molecule is NCc1csc(S(=O)(=O)Nc2ccc(Br)cc2Cl)c1. The predicted octanol–water partition coefficient (Wildman–Crippen LogP) is 3.42. The van der Waals surface area contributed by atoms with Gasteiger partial charge in [-0.15, -0.1) is 11.3 Å². The second-order valence-electron chi connectivity index (χ2n) is 3.71. The summed E-state index contributed by atoms with van der Waals surface area (Å²) in [4.78, 5) is 0. The Balaban J connectivity index is 2.30. The molecule has 0 amide bonds. The quantitative estimate of drug-likeness (QED) is 0.852. The molecule has 0 aliphatic heterocycles. The minimum absolute atomic E-state index is 0.215. The number of hydrogen-bond donors (Lipinski definition) is 2. The lowest BCUT2D eigenvalue weighted by Gasteiger charge is -2.08. The summed E-state index contributed by atoms with van der Waals surface area (Å²) >= 11 is 10.4. The second-order valence-corrected chi connectivity index (χ2v) is 7.85. The molecule has 1 aromatic heterocycles. The average molecular weight is 382 g/mol. The van der Waals surface area contributed by atoms with Gasteiger partial charge in [0.25, 0.3) is 10.0 Å². The van der Waals surface area contributed by atoms with Gasteiger partial charge in [-0.25, -0.2) is 8.42 Å². The Kier molecular flexibility index (Phi) is 4.52. The van der Waals surface area contributed by atoms with E-state index in [-0.39, 0.29) is 4.21 Å². The summed E-state index contributed by atoms with van der Waals surface area (Å²) in [5, 5.41) is 2.05. The zero-order valence-electron chi connectivity index (χ0n) is 9.56. The van der Waals surface area contributed by atoms with E-state index < -0.39 is 10.0 Å². The highest BCUT2D eigenvalue weighted by Crippen LogP contribution is 2.29. The lowest BCUT2D eigenvalue weighted by atomic mass is 10.3. The Labute approximate surface area is 128 Å². The normalized spacial score (nSPS) is 11.5. The Morgan fingerprint density at radius 1 is 1.37 bits per heavy atom. The van der Waals surface area contributed by atoms with Gasteiger partial charge in [-0.3, -0.25) is 4.72 Å². The van der Waals surface area contributed by atoms with E-state index >= 15 is 0 Å². The van der Waals surface area contributed by atoms with Gasteiger partial charge in [0.1, 0.15) is 4.21 Å². The second kappa shape index (κ2) is 5.80. The number of halogens is 2. The summed E-state index contributed by atoms with van der Waals surface area (Å²) in [6.07, 6.45) is 0. The molecule has 0 fully saturated rings. The number of thiophene rings is 1. The number of anilines is 1. The van der Waals surface area contributed by atoms with Gasteiger partial charge >= 0.3 is 0 Å². The molecule has 0 aliphatic carbocycles. The highest BCUT2D eigenvalue weighted by Gasteiger charge is 2.18. The monoisotopic (exact) mass is 380 g/mol. The van der Waals surface area contributed by atoms with Crippen LogP contribution in [0.2, 0.25) is 5.02 Å². The molecule has 19 heavy (non-hydrogen) atoms. The summed E-state index contributed by atoms with van der Waals surface area (Å²) in [5.74, 6) is 0. The van der Waals surface area contributed by atoms with Crippen LogP contribution in [0, 0.1) is 0 Å². The van der Waals surface area contributed by atoms with Gasteiger partial charge in [-0.1, -0.05) is 27.5 Å². The lowest BCUT2D eigenvalue weighted by molar-refractivity contribution is 0.603. The zero-order valence-corrected chi connectivity index (χ0v) is 13.5. The van der Waals surface area contributed by atoms with E-state index in [4.69, 9.17) is 17.3 Å². The van der Waals surface area contributed by atoms with Crippen LogP contribution in [0.25, 0.3) is 0 Å². The van der Waals surface area contributed by atoms with E-state index in [1.165, 1.54) is 0 Å². The van der Waals surface area contributed by atoms with Crippen molar-refractivity contribution in [2.45, 2.75) is 10.8 Å². The molecule has 4 nitrogen and oxygen atoms in total. The first kappa shape index (κ1) is 14.8. The number of sulfonamides is 1. The molecule has 0 spiro atoms. The molecule has 0 radical (unpaired) electrons. The summed E-state index contributed by atoms with van der Waals surface area (Å²) in [6, 6.07) is 6.49. The first-order chi connectivity index (χ1) is 8.92. The first-order valence-corrected chi connectivity index (χ1v) is 8.71. The van der Waals surface area contributed by atoms with Gasteiger partial charge < -0.3 is 5.73 Å². The summed E-state index contributed by atoms with van der Waals surface area (Å²) in [6.45, 7) is 0.311. The molecule has 2 aromatic rings. The van der Waals surface area contributed by atoms with E-state index in [1.807, 2.05) is 0 Å². The summed E-state index contributed by atoms with van der Waals surface area (Å²) < 4.78 is 27.8. The van der Waals surface area contributed by atoms with Crippen molar-refractivity contribution < 1.29 is 8.42 Å². The van der Waals surface area contributed by atoms with Gasteiger partial charge in [-0.2, -0.15) is 0 Å². The molecule has 102 valence electrons. The lowest BCUT2D eigenvalue weighted by Crippen LogP contribution is -2.11. The van der Waals surface area contributed by atoms with Crippen LogP contribution in [-0.4, -0.2) is 8.42 Å². The van der Waals surface area contributed by atoms with E-state index in [0.29, 0.717) is 17.3 Å². The molecule has 0 atom stereocenters. The van der Waals surface area contributed by atoms with Crippen molar-refractivity contribution in [3.63, 3.8) is 0 Å². The van der Waals surface area contributed by atoms with Gasteiger partial charge in [0.05, 0.1) is 10.7 Å². The molecule has 0 saturated carbocycles. The molecule has 8 heteroatoms. The van der Waals surface area contributed by atoms with Gasteiger partial charge in [0, 0.05) is 11.0 Å². The molecule has 0 bridgehead atoms. The van der Waals surface area contributed by atoms with Crippen LogP contribution in [0.5, 0.6) is 0 Å². The van der Waals surface area contributed by atoms with Crippen LogP contribution in [0.4, 0.5) is 5.69 Å². The maximum atomic E-state index is 12.2. The fraction of sp³-hybridized carbons (Fsp3) is 0.0909. The highest BCUT2D eigenvalue weighted by molar-refractivity contribution is 9.10. The van der Waals surface area contributed by atoms with Gasteiger partial charge in [-0.05, 0) is 35.2 Å². The molecule has 0 aliphatic rings. The Bertz CT molecular complexity index is 700. The van der Waals surface area contributed by atoms with Crippen LogP contribution in [0.3, 0.4) is 0 Å². The van der Waals surface area contributed by atoms with E-state index in [2.05, 4.69) is 20.7 Å². The molecule has 1 heterocycles. The molecule has 0 saturated heterocycles. The Hall–Kier alpha value is -0.600. The standard InChI is InChI=1S/C11H10BrClN2O2S2/c12-8-1-2-10(9(13)4-8)15-19(16,17)11-3-7(5-14)6-18-11/h1-4,6,15H,5,14H2. The zero-order chi connectivity index (χ0) is 14.0. The molecule has 1 aromatic carbocycles. The fourth-order valence-corrected chi connectivity index (χ4v) is 4.45. The number of nitrogens with one attached hydrogen (secondary N) is 1. The van der Waals surface area contributed by atoms with Crippen molar-refractivity contribution in [1.82, 2.24) is 0 Å². The fourth-order valence-electron chi connectivity index (χ4n) is 1.37. The van der Waals surface area contributed by atoms with E-state index in [0.717, 1.165) is 21.4 Å². The average Bonchev–Trinajstić information content (AvgIpc) is 2.82. The maximum absolute atomic E-state index is 12.2. The summed E-state index contributed by atoms with van der Waals surface area (Å²) in [5.41, 5.74) is 6.59. The maximum Gasteiger partial charge on any atom is 0.271 e. The first-order valence-electron chi connectivity index (χ1n) is 5.18. The third kappa shape index (κ3) is 3.49. The third-order valence-electron chi connectivity index (χ3n) is 2.31. The van der Waals surface area contributed by atoms with E-state index in [1.54, 1.807) is 29.6 Å². The van der Waals surface area contributed by atoms with Crippen molar-refractivity contribution in [2.24, 2.45) is 5.73 Å². The van der Waals surface area contributed by atoms with Crippen molar-refractivity contribution in [3.05, 3.63) is 44.7 Å². The Morgan fingerprint density at radius 2 is 2.11 bits per heavy atom. The van der Waals surface area contributed by atoms with Crippen LogP contribution >= 0.6 is 38.9 Å². The van der Waals surface area contributed by atoms with Crippen molar-refractivity contribution in [2.75, 3.05) is 4.72 Å². The van der Waals surface area contributed by atoms with E-state index in [9.17, 15) is 8.42 Å². The van der Waals surface area contributed by atoms with Gasteiger partial charge in [0.15, 0.2) is 0 Å². The number of nitrogens with two attached hydrogens (primary N) is 1. The number of rotatable bonds is 4. The predicted molar refractivity (Wildman–Crippen MR) is 82.2 cm³/mol. The van der Waals surface area contributed by atoms with Crippen LogP contribution < -0.4 is 10.5 Å². The minimum Gasteiger partial charge on any atom is -0.326 e. The molecule has 0 unspecified atom stereocenters. The highest BCUT2D eigenvalue weighted by atomic mass is 79.9. The van der Waals surface area contributed by atoms with Crippen LogP contribution in [-0.2, 0) is 16.6 Å². The molecule has 2 rings (SSSR count). The minimum atomic E-state index is -3.62. The number of hydrogen-bond acceptors (Lipinski definition) is 4. The largest absolute Gasteiger partial charge is 0.326 e. The topological polar surface area (TPSA) is 72.2 Å².